The van der Waals surface area contributed by atoms with Gasteiger partial charge in [-0.25, -0.2) is 0 Å². The summed E-state index contributed by atoms with van der Waals surface area (Å²) in [6, 6.07) is 0.362. The Labute approximate surface area is 104 Å². The normalized spacial score (nSPS) is 26.9. The van der Waals surface area contributed by atoms with Gasteiger partial charge in [-0.3, -0.25) is 4.79 Å². The zero-order chi connectivity index (χ0) is 12.8. The van der Waals surface area contributed by atoms with E-state index in [1.54, 1.807) is 0 Å². The summed E-state index contributed by atoms with van der Waals surface area (Å²) in [6.07, 6.45) is 4.33. The van der Waals surface area contributed by atoms with Crippen LogP contribution >= 0.6 is 0 Å². The van der Waals surface area contributed by atoms with Crippen LogP contribution in [-0.2, 0) is 4.79 Å². The number of carbonyl (C=O) groups is 1. The van der Waals surface area contributed by atoms with Gasteiger partial charge in [0.15, 0.2) is 0 Å². The average molecular weight is 242 g/mol. The van der Waals surface area contributed by atoms with Gasteiger partial charge in [-0.1, -0.05) is 13.8 Å². The van der Waals surface area contributed by atoms with Gasteiger partial charge in [0.2, 0.25) is 5.91 Å². The van der Waals surface area contributed by atoms with Crippen molar-refractivity contribution in [3.63, 3.8) is 0 Å². The van der Waals surface area contributed by atoms with Crippen LogP contribution in [0, 0.1) is 11.8 Å². The van der Waals surface area contributed by atoms with E-state index < -0.39 is 0 Å². The van der Waals surface area contributed by atoms with Crippen molar-refractivity contribution in [3.8, 4) is 0 Å². The fourth-order valence-corrected chi connectivity index (χ4v) is 2.39. The van der Waals surface area contributed by atoms with E-state index in [1.165, 1.54) is 0 Å². The molecule has 0 aliphatic heterocycles. The molecular weight excluding hydrogens is 216 g/mol. The van der Waals surface area contributed by atoms with E-state index in [0.717, 1.165) is 25.7 Å². The summed E-state index contributed by atoms with van der Waals surface area (Å²) >= 11 is 0. The van der Waals surface area contributed by atoms with Crippen LogP contribution in [0.5, 0.6) is 0 Å². The van der Waals surface area contributed by atoms with Gasteiger partial charge in [-0.2, -0.15) is 0 Å². The van der Waals surface area contributed by atoms with Gasteiger partial charge in [0.25, 0.3) is 0 Å². The lowest BCUT2D eigenvalue weighted by atomic mass is 9.85. The number of hydrogen-bond acceptors (Lipinski definition) is 3. The second kappa shape index (κ2) is 6.97. The fourth-order valence-electron chi connectivity index (χ4n) is 2.39. The summed E-state index contributed by atoms with van der Waals surface area (Å²) in [6.45, 7) is 4.26. The minimum absolute atomic E-state index is 0.0862. The maximum absolute atomic E-state index is 12.1. The Hall–Kier alpha value is -0.610. The summed E-state index contributed by atoms with van der Waals surface area (Å²) in [4.78, 5) is 12.1. The van der Waals surface area contributed by atoms with Crippen LogP contribution in [0.3, 0.4) is 0 Å². The smallest absolute Gasteiger partial charge is 0.223 e. The summed E-state index contributed by atoms with van der Waals surface area (Å²) < 4.78 is 0. The molecule has 1 rings (SSSR count). The number of aliphatic hydroxyl groups excluding tert-OH is 1. The van der Waals surface area contributed by atoms with E-state index >= 15 is 0 Å². The molecule has 1 amide bonds. The molecule has 4 heteroatoms. The molecule has 0 bridgehead atoms. The average Bonchev–Trinajstić information content (AvgIpc) is 2.29. The second-order valence-electron chi connectivity index (χ2n) is 5.48. The Morgan fingerprint density at radius 2 is 1.94 bits per heavy atom. The van der Waals surface area contributed by atoms with Crippen LogP contribution in [-0.4, -0.2) is 29.7 Å². The molecule has 1 aliphatic rings. The largest absolute Gasteiger partial charge is 0.396 e. The molecule has 0 aromatic rings. The van der Waals surface area contributed by atoms with E-state index in [1.807, 2.05) is 0 Å². The van der Waals surface area contributed by atoms with Gasteiger partial charge in [-0.15, -0.1) is 0 Å². The highest BCUT2D eigenvalue weighted by atomic mass is 16.3. The quantitative estimate of drug-likeness (QED) is 0.674. The molecule has 1 saturated carbocycles. The van der Waals surface area contributed by atoms with Gasteiger partial charge in [0, 0.05) is 24.6 Å². The van der Waals surface area contributed by atoms with Crippen LogP contribution in [0.25, 0.3) is 0 Å². The third-order valence-electron chi connectivity index (χ3n) is 3.72. The number of amides is 1. The monoisotopic (exact) mass is 242 g/mol. The summed E-state index contributed by atoms with van der Waals surface area (Å²) in [5.41, 5.74) is 5.83. The highest BCUT2D eigenvalue weighted by molar-refractivity contribution is 5.79. The number of carbonyl (C=O) groups excluding carboxylic acids is 1. The molecule has 1 fully saturated rings. The third-order valence-corrected chi connectivity index (χ3v) is 3.72. The number of hydrogen-bond donors (Lipinski definition) is 3. The van der Waals surface area contributed by atoms with Crippen LogP contribution in [0.15, 0.2) is 0 Å². The van der Waals surface area contributed by atoms with E-state index in [-0.39, 0.29) is 30.5 Å². The summed E-state index contributed by atoms with van der Waals surface area (Å²) in [5, 5.41) is 12.0. The topological polar surface area (TPSA) is 75.3 Å². The zero-order valence-electron chi connectivity index (χ0n) is 11.0. The van der Waals surface area contributed by atoms with Crippen LogP contribution in [0.1, 0.15) is 46.0 Å². The highest BCUT2D eigenvalue weighted by Crippen LogP contribution is 2.23. The first-order valence-corrected chi connectivity index (χ1v) is 6.71. The lowest BCUT2D eigenvalue weighted by Crippen LogP contribution is -2.44. The predicted octanol–water partition coefficient (Wildman–Crippen LogP) is 1.03. The first-order chi connectivity index (χ1) is 8.04. The first-order valence-electron chi connectivity index (χ1n) is 6.71. The van der Waals surface area contributed by atoms with Gasteiger partial charge in [0.1, 0.15) is 0 Å². The van der Waals surface area contributed by atoms with Gasteiger partial charge >= 0.3 is 0 Å². The Morgan fingerprint density at radius 1 is 1.35 bits per heavy atom. The molecule has 1 atom stereocenters. The van der Waals surface area contributed by atoms with Crippen LogP contribution in [0.4, 0.5) is 0 Å². The van der Waals surface area contributed by atoms with Gasteiger partial charge < -0.3 is 16.2 Å². The molecule has 0 saturated heterocycles. The molecule has 4 nitrogen and oxygen atoms in total. The van der Waals surface area contributed by atoms with Gasteiger partial charge in [-0.05, 0) is 38.0 Å². The standard InChI is InChI=1S/C13H26N2O2/c1-9(2)12(7-8-16)15-13(17)10-3-5-11(14)6-4-10/h9-12,16H,3-8,14H2,1-2H3,(H,15,17). The minimum Gasteiger partial charge on any atom is -0.396 e. The molecule has 0 heterocycles. The van der Waals surface area contributed by atoms with Crippen molar-refractivity contribution in [1.82, 2.24) is 5.32 Å². The third kappa shape index (κ3) is 4.64. The number of aliphatic hydroxyl groups is 1. The van der Waals surface area contributed by atoms with Crippen molar-refractivity contribution in [3.05, 3.63) is 0 Å². The zero-order valence-corrected chi connectivity index (χ0v) is 11.0. The molecule has 1 aliphatic carbocycles. The molecule has 1 unspecified atom stereocenters. The molecule has 0 aromatic carbocycles. The lowest BCUT2D eigenvalue weighted by Gasteiger charge is -2.28. The fraction of sp³-hybridized carbons (Fsp3) is 0.923. The van der Waals surface area contributed by atoms with Crippen molar-refractivity contribution in [2.24, 2.45) is 17.6 Å². The van der Waals surface area contributed by atoms with Crippen molar-refractivity contribution in [2.75, 3.05) is 6.61 Å². The maximum Gasteiger partial charge on any atom is 0.223 e. The predicted molar refractivity (Wildman–Crippen MR) is 68.4 cm³/mol. The molecule has 0 spiro atoms. The molecule has 0 aromatic heterocycles. The second-order valence-corrected chi connectivity index (χ2v) is 5.48. The summed E-state index contributed by atoms with van der Waals surface area (Å²) in [5.74, 6) is 0.621. The Morgan fingerprint density at radius 3 is 2.41 bits per heavy atom. The van der Waals surface area contributed by atoms with Crippen molar-refractivity contribution < 1.29 is 9.90 Å². The van der Waals surface area contributed by atoms with Crippen LogP contribution in [0.2, 0.25) is 0 Å². The minimum atomic E-state index is 0.0862. The number of nitrogens with one attached hydrogen (secondary N) is 1. The number of nitrogens with two attached hydrogens (primary N) is 1. The Kier molecular flexibility index (Phi) is 5.92. The first kappa shape index (κ1) is 14.5. The van der Waals surface area contributed by atoms with E-state index in [0.29, 0.717) is 12.3 Å². The molecule has 4 N–H and O–H groups in total. The van der Waals surface area contributed by atoms with Gasteiger partial charge in [0.05, 0.1) is 0 Å². The van der Waals surface area contributed by atoms with E-state index in [9.17, 15) is 4.79 Å². The summed E-state index contributed by atoms with van der Waals surface area (Å²) in [7, 11) is 0. The number of rotatable bonds is 5. The Bertz CT molecular complexity index is 236. The highest BCUT2D eigenvalue weighted by Gasteiger charge is 2.26. The van der Waals surface area contributed by atoms with Crippen molar-refractivity contribution in [1.29, 1.82) is 0 Å². The van der Waals surface area contributed by atoms with E-state index in [2.05, 4.69) is 19.2 Å². The van der Waals surface area contributed by atoms with Crippen molar-refractivity contribution in [2.45, 2.75) is 58.0 Å². The SMILES string of the molecule is CC(C)C(CCO)NC(=O)C1CCC(N)CC1. The van der Waals surface area contributed by atoms with Crippen LogP contribution < -0.4 is 11.1 Å². The molecular formula is C13H26N2O2. The molecule has 100 valence electrons. The Balaban J connectivity index is 2.41. The maximum atomic E-state index is 12.1. The molecule has 17 heavy (non-hydrogen) atoms. The molecule has 0 radical (unpaired) electrons. The lowest BCUT2D eigenvalue weighted by molar-refractivity contribution is -0.127. The van der Waals surface area contributed by atoms with E-state index in [4.69, 9.17) is 10.8 Å². The van der Waals surface area contributed by atoms with Crippen molar-refractivity contribution >= 4 is 5.91 Å².